The number of aliphatic hydroxyl groups is 1. The largest absolute Gasteiger partial charge is 0.491 e. The second-order valence-electron chi connectivity index (χ2n) is 4.16. The lowest BCUT2D eigenvalue weighted by Gasteiger charge is -2.16. The van der Waals surface area contributed by atoms with Crippen LogP contribution in [0.1, 0.15) is 17.2 Å². The molecule has 0 spiro atoms. The number of methoxy groups -OCH3 is 1. The lowest BCUT2D eigenvalue weighted by atomic mass is 9.99. The minimum atomic E-state index is -1.89. The van der Waals surface area contributed by atoms with Crippen molar-refractivity contribution < 1.29 is 27.4 Å². The standard InChI is InChI=1S/C14H9ClF4O2/c1-21-14-11(18)9(16)8(10(17)12(14)19)13(20)6-2-4-7(15)5-3-6/h2-5,13,20H,1H3. The lowest BCUT2D eigenvalue weighted by molar-refractivity contribution is 0.202. The molecule has 0 bridgehead atoms. The van der Waals surface area contributed by atoms with Gasteiger partial charge < -0.3 is 9.84 Å². The fraction of sp³-hybridized carbons (Fsp3) is 0.143. The van der Waals surface area contributed by atoms with Crippen molar-refractivity contribution in [3.8, 4) is 5.75 Å². The van der Waals surface area contributed by atoms with E-state index in [0.717, 1.165) is 7.11 Å². The Labute approximate surface area is 122 Å². The van der Waals surface area contributed by atoms with Gasteiger partial charge in [0.15, 0.2) is 17.4 Å². The maximum Gasteiger partial charge on any atom is 0.204 e. The molecule has 2 rings (SSSR count). The summed E-state index contributed by atoms with van der Waals surface area (Å²) in [5, 5.41) is 10.3. The molecule has 0 fully saturated rings. The van der Waals surface area contributed by atoms with Crippen LogP contribution in [0.3, 0.4) is 0 Å². The fourth-order valence-corrected chi connectivity index (χ4v) is 1.99. The second-order valence-corrected chi connectivity index (χ2v) is 4.59. The predicted octanol–water partition coefficient (Wildman–Crippen LogP) is 3.99. The van der Waals surface area contributed by atoms with Gasteiger partial charge >= 0.3 is 0 Å². The zero-order chi connectivity index (χ0) is 15.7. The number of rotatable bonds is 3. The molecule has 0 saturated heterocycles. The van der Waals surface area contributed by atoms with Crippen LogP contribution in [-0.2, 0) is 0 Å². The van der Waals surface area contributed by atoms with E-state index in [1.807, 2.05) is 0 Å². The van der Waals surface area contributed by atoms with E-state index in [1.54, 1.807) is 0 Å². The van der Waals surface area contributed by atoms with E-state index in [4.69, 9.17) is 11.6 Å². The Balaban J connectivity index is 2.61. The van der Waals surface area contributed by atoms with Gasteiger partial charge in [-0.05, 0) is 17.7 Å². The van der Waals surface area contributed by atoms with Crippen molar-refractivity contribution in [2.45, 2.75) is 6.10 Å². The van der Waals surface area contributed by atoms with Crippen LogP contribution in [-0.4, -0.2) is 12.2 Å². The number of halogens is 5. The maximum atomic E-state index is 13.9. The summed E-state index contributed by atoms with van der Waals surface area (Å²) in [7, 11) is 0.871. The highest BCUT2D eigenvalue weighted by molar-refractivity contribution is 6.30. The molecule has 2 aromatic carbocycles. The van der Waals surface area contributed by atoms with Crippen LogP contribution in [0.2, 0.25) is 5.02 Å². The molecule has 21 heavy (non-hydrogen) atoms. The zero-order valence-corrected chi connectivity index (χ0v) is 11.4. The second kappa shape index (κ2) is 5.91. The Morgan fingerprint density at radius 3 is 1.86 bits per heavy atom. The third-order valence-corrected chi connectivity index (χ3v) is 3.17. The highest BCUT2D eigenvalue weighted by Gasteiger charge is 2.30. The number of hydrogen-bond acceptors (Lipinski definition) is 2. The Morgan fingerprint density at radius 1 is 0.952 bits per heavy atom. The smallest absolute Gasteiger partial charge is 0.204 e. The first-order valence-corrected chi connectivity index (χ1v) is 6.09. The van der Waals surface area contributed by atoms with Crippen LogP contribution in [0.5, 0.6) is 5.75 Å². The van der Waals surface area contributed by atoms with Gasteiger partial charge in [0.2, 0.25) is 11.6 Å². The van der Waals surface area contributed by atoms with Crippen LogP contribution in [0.15, 0.2) is 24.3 Å². The van der Waals surface area contributed by atoms with Crippen LogP contribution in [0.4, 0.5) is 17.6 Å². The number of aliphatic hydroxyl groups excluding tert-OH is 1. The molecular formula is C14H9ClF4O2. The Hall–Kier alpha value is -1.79. The van der Waals surface area contributed by atoms with Crippen molar-refractivity contribution in [3.63, 3.8) is 0 Å². The Morgan fingerprint density at radius 2 is 1.43 bits per heavy atom. The quantitative estimate of drug-likeness (QED) is 0.684. The van der Waals surface area contributed by atoms with Crippen LogP contribution in [0.25, 0.3) is 0 Å². The molecule has 0 aliphatic carbocycles. The van der Waals surface area contributed by atoms with Gasteiger partial charge in [-0.15, -0.1) is 0 Å². The van der Waals surface area contributed by atoms with Gasteiger partial charge in [0, 0.05) is 5.02 Å². The summed E-state index contributed by atoms with van der Waals surface area (Å²) in [6.45, 7) is 0. The van der Waals surface area contributed by atoms with Crippen molar-refractivity contribution in [3.05, 3.63) is 63.7 Å². The van der Waals surface area contributed by atoms with Crippen molar-refractivity contribution in [2.75, 3.05) is 7.11 Å². The van der Waals surface area contributed by atoms with Gasteiger partial charge in [-0.3, -0.25) is 0 Å². The molecule has 1 atom stereocenters. The molecule has 0 aliphatic rings. The van der Waals surface area contributed by atoms with Gasteiger partial charge in [0.1, 0.15) is 6.10 Å². The predicted molar refractivity (Wildman–Crippen MR) is 68.3 cm³/mol. The molecule has 2 aromatic rings. The third kappa shape index (κ3) is 2.69. The number of ether oxygens (including phenoxy) is 1. The first-order chi connectivity index (χ1) is 9.88. The monoisotopic (exact) mass is 320 g/mol. The maximum absolute atomic E-state index is 13.9. The third-order valence-electron chi connectivity index (χ3n) is 2.92. The highest BCUT2D eigenvalue weighted by atomic mass is 35.5. The summed E-state index contributed by atoms with van der Waals surface area (Å²) < 4.78 is 59.2. The molecular weight excluding hydrogens is 312 g/mol. The molecule has 1 N–H and O–H groups in total. The van der Waals surface area contributed by atoms with Crippen LogP contribution >= 0.6 is 11.6 Å². The summed E-state index contributed by atoms with van der Waals surface area (Å²) in [6, 6.07) is 5.30. The molecule has 0 heterocycles. The normalized spacial score (nSPS) is 12.3. The molecule has 1 unspecified atom stereocenters. The Kier molecular flexibility index (Phi) is 4.39. The first kappa shape index (κ1) is 15.6. The van der Waals surface area contributed by atoms with Crippen LogP contribution in [0, 0.1) is 23.3 Å². The minimum absolute atomic E-state index is 0.0289. The number of benzene rings is 2. The average Bonchev–Trinajstić information content (AvgIpc) is 2.47. The fourth-order valence-electron chi connectivity index (χ4n) is 1.86. The van der Waals surface area contributed by atoms with E-state index in [1.165, 1.54) is 24.3 Å². The summed E-state index contributed by atoms with van der Waals surface area (Å²) in [5.74, 6) is -8.03. The summed E-state index contributed by atoms with van der Waals surface area (Å²) in [4.78, 5) is 0. The van der Waals surface area contributed by atoms with Crippen molar-refractivity contribution in [2.24, 2.45) is 0 Å². The van der Waals surface area contributed by atoms with Gasteiger partial charge in [-0.2, -0.15) is 8.78 Å². The number of hydrogen-bond donors (Lipinski definition) is 1. The highest BCUT2D eigenvalue weighted by Crippen LogP contribution is 2.35. The van der Waals surface area contributed by atoms with E-state index in [2.05, 4.69) is 4.74 Å². The molecule has 7 heteroatoms. The van der Waals surface area contributed by atoms with Gasteiger partial charge in [-0.1, -0.05) is 23.7 Å². The topological polar surface area (TPSA) is 29.5 Å². The van der Waals surface area contributed by atoms with E-state index >= 15 is 0 Å². The van der Waals surface area contributed by atoms with Gasteiger partial charge in [-0.25, -0.2) is 8.78 Å². The van der Waals surface area contributed by atoms with Gasteiger partial charge in [0.05, 0.1) is 12.7 Å². The van der Waals surface area contributed by atoms with E-state index in [-0.39, 0.29) is 5.56 Å². The van der Waals surface area contributed by atoms with Crippen LogP contribution < -0.4 is 4.74 Å². The van der Waals surface area contributed by atoms with Crippen molar-refractivity contribution >= 4 is 11.6 Å². The molecule has 2 nitrogen and oxygen atoms in total. The molecule has 0 radical (unpaired) electrons. The summed E-state index contributed by atoms with van der Waals surface area (Å²) in [6.07, 6.45) is -1.89. The minimum Gasteiger partial charge on any atom is -0.491 e. The van der Waals surface area contributed by atoms with E-state index in [0.29, 0.717) is 5.02 Å². The van der Waals surface area contributed by atoms with Crippen molar-refractivity contribution in [1.82, 2.24) is 0 Å². The SMILES string of the molecule is COc1c(F)c(F)c(C(O)c2ccc(Cl)cc2)c(F)c1F. The van der Waals surface area contributed by atoms with E-state index in [9.17, 15) is 22.7 Å². The summed E-state index contributed by atoms with van der Waals surface area (Å²) in [5.41, 5.74) is -1.10. The van der Waals surface area contributed by atoms with Gasteiger partial charge in [0.25, 0.3) is 0 Å². The van der Waals surface area contributed by atoms with Crippen molar-refractivity contribution in [1.29, 1.82) is 0 Å². The summed E-state index contributed by atoms with van der Waals surface area (Å²) >= 11 is 5.65. The first-order valence-electron chi connectivity index (χ1n) is 5.71. The molecule has 0 aromatic heterocycles. The molecule has 112 valence electrons. The molecule has 0 aliphatic heterocycles. The average molecular weight is 321 g/mol. The lowest BCUT2D eigenvalue weighted by Crippen LogP contribution is -2.11. The van der Waals surface area contributed by atoms with E-state index < -0.39 is 40.7 Å². The zero-order valence-electron chi connectivity index (χ0n) is 10.6. The Bertz CT molecular complexity index is 645. The molecule has 0 amide bonds. The molecule has 0 saturated carbocycles.